The van der Waals surface area contributed by atoms with Crippen molar-refractivity contribution >= 4 is 17.8 Å². The first-order chi connectivity index (χ1) is 21.8. The van der Waals surface area contributed by atoms with Crippen LogP contribution in [0, 0.1) is 17.8 Å². The number of hydrogen-bond acceptors (Lipinski definition) is 6. The topological polar surface area (TPSA) is 122 Å². The summed E-state index contributed by atoms with van der Waals surface area (Å²) in [7, 11) is 1.75. The van der Waals surface area contributed by atoms with Crippen LogP contribution in [0.5, 0.6) is 5.88 Å². The molecule has 5 unspecified atom stereocenters. The minimum Gasteiger partial charge on any atom is -0.479 e. The highest BCUT2D eigenvalue weighted by molar-refractivity contribution is 5.94. The Bertz CT molecular complexity index is 1490. The van der Waals surface area contributed by atoms with Crippen molar-refractivity contribution in [2.75, 3.05) is 13.6 Å². The number of nitrogens with one attached hydrogen (secondary N) is 1. The number of aliphatic carboxylic acids is 1. The summed E-state index contributed by atoms with van der Waals surface area (Å²) in [6, 6.07) is 21.1. The quantitative estimate of drug-likeness (QED) is 0.182. The maximum atomic E-state index is 13.7. The van der Waals surface area contributed by atoms with Gasteiger partial charge in [0, 0.05) is 36.7 Å². The molecule has 2 saturated carbocycles. The lowest BCUT2D eigenvalue weighted by molar-refractivity contribution is -0.145. The lowest BCUT2D eigenvalue weighted by Crippen LogP contribution is -2.49. The van der Waals surface area contributed by atoms with Gasteiger partial charge in [-0.1, -0.05) is 72.8 Å². The van der Waals surface area contributed by atoms with Crippen LogP contribution in [0.4, 0.5) is 0 Å². The summed E-state index contributed by atoms with van der Waals surface area (Å²) in [4.78, 5) is 50.7. The Labute approximate surface area is 264 Å². The average molecular weight is 609 g/mol. The van der Waals surface area contributed by atoms with E-state index in [0.717, 1.165) is 30.4 Å². The minimum atomic E-state index is -1.39. The van der Waals surface area contributed by atoms with Crippen LogP contribution in [-0.4, -0.2) is 63.0 Å². The zero-order valence-corrected chi connectivity index (χ0v) is 25.6. The van der Waals surface area contributed by atoms with Gasteiger partial charge >= 0.3 is 5.97 Å². The molecule has 45 heavy (non-hydrogen) atoms. The molecule has 234 valence electrons. The van der Waals surface area contributed by atoms with Gasteiger partial charge in [0.25, 0.3) is 0 Å². The molecule has 3 aromatic rings. The Morgan fingerprint density at radius 2 is 1.67 bits per heavy atom. The van der Waals surface area contributed by atoms with E-state index in [9.17, 15) is 19.5 Å². The molecule has 1 aromatic heterocycles. The molecule has 0 bridgehead atoms. The largest absolute Gasteiger partial charge is 0.479 e. The Morgan fingerprint density at radius 1 is 1.00 bits per heavy atom. The number of hydrogen-bond donors (Lipinski definition) is 2. The first-order valence-electron chi connectivity index (χ1n) is 15.5. The molecule has 2 amide bonds. The number of amides is 2. The highest BCUT2D eigenvalue weighted by Gasteiger charge is 2.61. The summed E-state index contributed by atoms with van der Waals surface area (Å²) in [6.45, 7) is 8.02. The van der Waals surface area contributed by atoms with E-state index in [4.69, 9.17) is 14.7 Å². The van der Waals surface area contributed by atoms with Gasteiger partial charge < -0.3 is 20.1 Å². The van der Waals surface area contributed by atoms with Gasteiger partial charge in [0.1, 0.15) is 11.6 Å². The molecule has 9 nitrogen and oxygen atoms in total. The van der Waals surface area contributed by atoms with Crippen molar-refractivity contribution in [1.29, 1.82) is 0 Å². The summed E-state index contributed by atoms with van der Waals surface area (Å²) in [5.74, 6) is -2.66. The molecule has 0 radical (unpaired) electrons. The van der Waals surface area contributed by atoms with Gasteiger partial charge in [0.2, 0.25) is 17.7 Å². The van der Waals surface area contributed by atoms with Crippen molar-refractivity contribution in [2.45, 2.75) is 50.2 Å². The number of rotatable bonds is 14. The molecule has 9 heteroatoms. The van der Waals surface area contributed by atoms with Crippen molar-refractivity contribution in [3.63, 3.8) is 0 Å². The third-order valence-electron chi connectivity index (χ3n) is 8.82. The van der Waals surface area contributed by atoms with Crippen LogP contribution in [0.3, 0.4) is 0 Å². The number of benzene rings is 2. The van der Waals surface area contributed by atoms with Crippen molar-refractivity contribution in [1.82, 2.24) is 20.2 Å². The van der Waals surface area contributed by atoms with E-state index in [-0.39, 0.29) is 24.7 Å². The van der Waals surface area contributed by atoms with Crippen molar-refractivity contribution in [3.8, 4) is 28.5 Å². The lowest BCUT2D eigenvalue weighted by Gasteiger charge is -2.25. The lowest BCUT2D eigenvalue weighted by atomic mass is 9.93. The van der Waals surface area contributed by atoms with Gasteiger partial charge in [-0.2, -0.15) is 4.98 Å². The molecule has 2 aliphatic carbocycles. The van der Waals surface area contributed by atoms with Crippen LogP contribution in [0.15, 0.2) is 92.0 Å². The molecule has 0 saturated heterocycles. The second kappa shape index (κ2) is 13.9. The molecule has 2 aliphatic rings. The molecule has 2 N–H and O–H groups in total. The maximum Gasteiger partial charge on any atom is 0.330 e. The standard InChI is InChI=1S/C36H40N4O5/c1-4-6-7-14-19-40(3)34(42)29-21-27(20-28(29)33(41)39-36(35(43)44)23-26(36)5-2)45-31-22-30(24-15-10-8-11-16-24)37-32(38-31)25-17-12-9-13-18-25/h4-5,8-13,15-18,22,26-29H,1-2,6-7,14,19-21,23H2,3H3,(H,39,41)(H,43,44). The van der Waals surface area contributed by atoms with E-state index in [1.807, 2.05) is 66.7 Å². The van der Waals surface area contributed by atoms with Gasteiger partial charge in [0.05, 0.1) is 17.5 Å². The second-order valence-corrected chi connectivity index (χ2v) is 11.9. The summed E-state index contributed by atoms with van der Waals surface area (Å²) >= 11 is 0. The monoisotopic (exact) mass is 608 g/mol. The van der Waals surface area contributed by atoms with Gasteiger partial charge in [-0.05, 0) is 38.5 Å². The average Bonchev–Trinajstić information content (AvgIpc) is 3.63. The van der Waals surface area contributed by atoms with Crippen LogP contribution in [0.2, 0.25) is 0 Å². The van der Waals surface area contributed by atoms with Crippen LogP contribution < -0.4 is 10.1 Å². The molecule has 5 atom stereocenters. The minimum absolute atomic E-state index is 0.155. The molecular weight excluding hydrogens is 568 g/mol. The molecule has 5 rings (SSSR count). The van der Waals surface area contributed by atoms with Crippen molar-refractivity contribution in [3.05, 3.63) is 92.0 Å². The Kier molecular flexibility index (Phi) is 9.76. The van der Waals surface area contributed by atoms with E-state index >= 15 is 0 Å². The van der Waals surface area contributed by atoms with Crippen molar-refractivity contribution in [2.24, 2.45) is 17.8 Å². The van der Waals surface area contributed by atoms with Gasteiger partial charge in [-0.15, -0.1) is 13.2 Å². The van der Waals surface area contributed by atoms with E-state index in [2.05, 4.69) is 18.5 Å². The number of carboxylic acids is 1. The normalized spacial score (nSPS) is 23.5. The van der Waals surface area contributed by atoms with Gasteiger partial charge in [-0.3, -0.25) is 9.59 Å². The fourth-order valence-corrected chi connectivity index (χ4v) is 6.14. The van der Waals surface area contributed by atoms with Gasteiger partial charge in [0.15, 0.2) is 5.82 Å². The summed E-state index contributed by atoms with van der Waals surface area (Å²) in [5.41, 5.74) is 1.03. The number of allylic oxidation sites excluding steroid dienone is 1. The van der Waals surface area contributed by atoms with Crippen LogP contribution in [0.1, 0.15) is 38.5 Å². The predicted molar refractivity (Wildman–Crippen MR) is 172 cm³/mol. The molecule has 1 heterocycles. The van der Waals surface area contributed by atoms with Crippen molar-refractivity contribution < 1.29 is 24.2 Å². The van der Waals surface area contributed by atoms with E-state index in [1.54, 1.807) is 24.1 Å². The maximum absolute atomic E-state index is 13.7. The highest BCUT2D eigenvalue weighted by Crippen LogP contribution is 2.46. The van der Waals surface area contributed by atoms with Gasteiger partial charge in [-0.25, -0.2) is 9.78 Å². The number of carbonyl (C=O) groups excluding carboxylic acids is 2. The molecule has 0 aliphatic heterocycles. The fourth-order valence-electron chi connectivity index (χ4n) is 6.14. The number of carbonyl (C=O) groups is 3. The van der Waals surface area contributed by atoms with Crippen LogP contribution >= 0.6 is 0 Å². The van der Waals surface area contributed by atoms with E-state index < -0.39 is 35.4 Å². The Hall–Kier alpha value is -4.79. The Balaban J connectivity index is 1.41. The Morgan fingerprint density at radius 3 is 2.29 bits per heavy atom. The predicted octanol–water partition coefficient (Wildman–Crippen LogP) is 5.54. The third-order valence-corrected chi connectivity index (χ3v) is 8.82. The summed E-state index contributed by atoms with van der Waals surface area (Å²) < 4.78 is 6.44. The first kappa shape index (κ1) is 31.6. The van der Waals surface area contributed by atoms with E-state index in [1.165, 1.54) is 0 Å². The second-order valence-electron chi connectivity index (χ2n) is 11.9. The summed E-state index contributed by atoms with van der Waals surface area (Å²) in [5, 5.41) is 12.7. The number of unbranched alkanes of at least 4 members (excludes halogenated alkanes) is 2. The number of aromatic nitrogens is 2. The zero-order valence-electron chi connectivity index (χ0n) is 25.6. The third kappa shape index (κ3) is 7.14. The van der Waals surface area contributed by atoms with Crippen LogP contribution in [-0.2, 0) is 14.4 Å². The zero-order chi connectivity index (χ0) is 32.0. The van der Waals surface area contributed by atoms with E-state index in [0.29, 0.717) is 30.4 Å². The molecular formula is C36H40N4O5. The number of carboxylic acid groups (broad SMARTS) is 1. The number of ether oxygens (including phenoxy) is 1. The fraction of sp³-hybridized carbons (Fsp3) is 0.361. The molecule has 2 fully saturated rings. The van der Waals surface area contributed by atoms with Crippen LogP contribution in [0.25, 0.3) is 22.6 Å². The molecule has 0 spiro atoms. The SMILES string of the molecule is C=CCCCCN(C)C(=O)C1CC(Oc2cc(-c3ccccc3)nc(-c3ccccc3)n2)CC1C(=O)NC1(C(=O)O)CC1C=C. The first-order valence-corrected chi connectivity index (χ1v) is 15.5. The summed E-state index contributed by atoms with van der Waals surface area (Å²) in [6.07, 6.45) is 6.31. The molecule has 2 aromatic carbocycles. The highest BCUT2D eigenvalue weighted by atomic mass is 16.5. The smallest absolute Gasteiger partial charge is 0.330 e. The number of nitrogens with zero attached hydrogens (tertiary/aromatic N) is 3.